The lowest BCUT2D eigenvalue weighted by molar-refractivity contribution is 0.974. The Balaban J connectivity index is 1.84. The zero-order chi connectivity index (χ0) is 13.8. The van der Waals surface area contributed by atoms with Gasteiger partial charge in [-0.05, 0) is 31.2 Å². The predicted molar refractivity (Wildman–Crippen MR) is 79.9 cm³/mol. The van der Waals surface area contributed by atoms with E-state index in [9.17, 15) is 0 Å². The molecule has 0 saturated carbocycles. The Morgan fingerprint density at radius 3 is 2.60 bits per heavy atom. The van der Waals surface area contributed by atoms with Crippen LogP contribution >= 0.6 is 0 Å². The molecule has 2 heterocycles. The first-order chi connectivity index (χ1) is 9.83. The van der Waals surface area contributed by atoms with Crippen LogP contribution < -0.4 is 5.32 Å². The number of aromatic nitrogens is 3. The Hall–Kier alpha value is -2.62. The van der Waals surface area contributed by atoms with Gasteiger partial charge in [-0.3, -0.25) is 9.55 Å². The number of nitrogens with zero attached hydrogens (tertiary/aromatic N) is 3. The first-order valence-electron chi connectivity index (χ1n) is 6.58. The fourth-order valence-electron chi connectivity index (χ4n) is 2.08. The highest BCUT2D eigenvalue weighted by Gasteiger charge is 2.07. The maximum atomic E-state index is 4.53. The minimum absolute atomic E-state index is 0.657. The molecule has 1 N–H and O–H groups in total. The maximum absolute atomic E-state index is 4.53. The van der Waals surface area contributed by atoms with E-state index in [1.165, 1.54) is 0 Å². The van der Waals surface area contributed by atoms with Crippen LogP contribution in [0.4, 0.5) is 5.95 Å². The Bertz CT molecular complexity index is 674. The van der Waals surface area contributed by atoms with Gasteiger partial charge in [0.1, 0.15) is 0 Å². The minimum Gasteiger partial charge on any atom is -0.350 e. The molecular formula is C16H16N4. The number of rotatable bonds is 4. The molecule has 100 valence electrons. The van der Waals surface area contributed by atoms with Crippen molar-refractivity contribution in [2.45, 2.75) is 13.5 Å². The van der Waals surface area contributed by atoms with Gasteiger partial charge < -0.3 is 5.32 Å². The van der Waals surface area contributed by atoms with E-state index in [0.29, 0.717) is 6.54 Å². The second-order valence-electron chi connectivity index (χ2n) is 4.59. The Morgan fingerprint density at radius 2 is 1.85 bits per heavy atom. The third kappa shape index (κ3) is 2.69. The van der Waals surface area contributed by atoms with Crippen molar-refractivity contribution < 1.29 is 0 Å². The van der Waals surface area contributed by atoms with Crippen LogP contribution in [0.1, 0.15) is 11.4 Å². The summed E-state index contributed by atoms with van der Waals surface area (Å²) in [5, 5.41) is 3.34. The molecule has 1 aromatic carbocycles. The summed E-state index contributed by atoms with van der Waals surface area (Å²) in [4.78, 5) is 8.83. The summed E-state index contributed by atoms with van der Waals surface area (Å²) in [6, 6.07) is 16.1. The maximum Gasteiger partial charge on any atom is 0.208 e. The molecule has 20 heavy (non-hydrogen) atoms. The monoisotopic (exact) mass is 264 g/mol. The van der Waals surface area contributed by atoms with E-state index in [4.69, 9.17) is 0 Å². The molecule has 0 spiro atoms. The summed E-state index contributed by atoms with van der Waals surface area (Å²) in [5.74, 6) is 0.833. The summed E-state index contributed by atoms with van der Waals surface area (Å²) in [7, 11) is 0. The Labute approximate surface area is 118 Å². The molecule has 0 bridgehead atoms. The Morgan fingerprint density at radius 1 is 1.05 bits per heavy atom. The topological polar surface area (TPSA) is 42.7 Å². The summed E-state index contributed by atoms with van der Waals surface area (Å²) >= 11 is 0. The fourth-order valence-corrected chi connectivity index (χ4v) is 2.08. The molecule has 0 amide bonds. The number of hydrogen-bond acceptors (Lipinski definition) is 3. The van der Waals surface area contributed by atoms with Crippen LogP contribution in [-0.4, -0.2) is 14.5 Å². The zero-order valence-electron chi connectivity index (χ0n) is 11.3. The number of benzene rings is 1. The standard InChI is InChI=1S/C16H16N4/c1-13-12-20(15-8-3-2-4-9-15)16(19-13)18-11-14-7-5-6-10-17-14/h2-10,12H,11H2,1H3,(H,18,19). The van der Waals surface area contributed by atoms with Crippen LogP contribution in [0.15, 0.2) is 60.9 Å². The summed E-state index contributed by atoms with van der Waals surface area (Å²) < 4.78 is 2.05. The van der Waals surface area contributed by atoms with Gasteiger partial charge in [0, 0.05) is 18.1 Å². The highest BCUT2D eigenvalue weighted by Crippen LogP contribution is 2.16. The second kappa shape index (κ2) is 5.57. The van der Waals surface area contributed by atoms with Crippen molar-refractivity contribution in [3.05, 3.63) is 72.3 Å². The molecular weight excluding hydrogens is 248 g/mol. The van der Waals surface area contributed by atoms with Crippen LogP contribution in [0.3, 0.4) is 0 Å². The van der Waals surface area contributed by atoms with E-state index in [2.05, 4.69) is 32.0 Å². The highest BCUT2D eigenvalue weighted by atomic mass is 15.2. The number of hydrogen-bond donors (Lipinski definition) is 1. The van der Waals surface area contributed by atoms with Crippen molar-refractivity contribution in [2.75, 3.05) is 5.32 Å². The number of nitrogens with one attached hydrogen (secondary N) is 1. The lowest BCUT2D eigenvalue weighted by atomic mass is 10.3. The second-order valence-corrected chi connectivity index (χ2v) is 4.59. The van der Waals surface area contributed by atoms with Gasteiger partial charge in [-0.1, -0.05) is 24.3 Å². The first kappa shape index (κ1) is 12.4. The molecule has 0 unspecified atom stereocenters. The average Bonchev–Trinajstić information content (AvgIpc) is 2.88. The average molecular weight is 264 g/mol. The molecule has 0 atom stereocenters. The highest BCUT2D eigenvalue weighted by molar-refractivity contribution is 5.43. The van der Waals surface area contributed by atoms with E-state index in [0.717, 1.165) is 23.0 Å². The van der Waals surface area contributed by atoms with E-state index in [1.54, 1.807) is 6.20 Å². The molecule has 0 aliphatic heterocycles. The lowest BCUT2D eigenvalue weighted by Gasteiger charge is -2.09. The van der Waals surface area contributed by atoms with Crippen LogP contribution in [0, 0.1) is 6.92 Å². The van der Waals surface area contributed by atoms with Gasteiger partial charge in [0.15, 0.2) is 0 Å². The quantitative estimate of drug-likeness (QED) is 0.787. The largest absolute Gasteiger partial charge is 0.350 e. The predicted octanol–water partition coefficient (Wildman–Crippen LogP) is 3.19. The van der Waals surface area contributed by atoms with Crippen molar-refractivity contribution in [1.29, 1.82) is 0 Å². The molecule has 0 aliphatic carbocycles. The van der Waals surface area contributed by atoms with Gasteiger partial charge in [-0.15, -0.1) is 0 Å². The van der Waals surface area contributed by atoms with Gasteiger partial charge >= 0.3 is 0 Å². The van der Waals surface area contributed by atoms with Gasteiger partial charge in [0.2, 0.25) is 5.95 Å². The SMILES string of the molecule is Cc1cn(-c2ccccc2)c(NCc2ccccn2)n1. The van der Waals surface area contributed by atoms with Crippen LogP contribution in [0.25, 0.3) is 5.69 Å². The number of pyridine rings is 1. The Kier molecular flexibility index (Phi) is 3.46. The molecule has 3 rings (SSSR count). The smallest absolute Gasteiger partial charge is 0.208 e. The van der Waals surface area contributed by atoms with Crippen molar-refractivity contribution in [1.82, 2.24) is 14.5 Å². The summed E-state index contributed by atoms with van der Waals surface area (Å²) in [6.45, 7) is 2.65. The molecule has 0 aliphatic rings. The molecule has 0 saturated heterocycles. The molecule has 3 aromatic rings. The molecule has 0 radical (unpaired) electrons. The van der Waals surface area contributed by atoms with E-state index in [1.807, 2.05) is 49.5 Å². The van der Waals surface area contributed by atoms with Crippen LogP contribution in [-0.2, 0) is 6.54 Å². The molecule has 2 aromatic heterocycles. The molecule has 0 fully saturated rings. The van der Waals surface area contributed by atoms with Gasteiger partial charge in [-0.25, -0.2) is 4.98 Å². The molecule has 4 nitrogen and oxygen atoms in total. The number of aryl methyl sites for hydroxylation is 1. The van der Waals surface area contributed by atoms with Crippen LogP contribution in [0.2, 0.25) is 0 Å². The van der Waals surface area contributed by atoms with Gasteiger partial charge in [0.05, 0.1) is 17.9 Å². The number of para-hydroxylation sites is 1. The zero-order valence-corrected chi connectivity index (χ0v) is 11.3. The minimum atomic E-state index is 0.657. The van der Waals surface area contributed by atoms with Gasteiger partial charge in [-0.2, -0.15) is 0 Å². The number of imidazole rings is 1. The van der Waals surface area contributed by atoms with Crippen molar-refractivity contribution in [2.24, 2.45) is 0 Å². The normalized spacial score (nSPS) is 10.4. The van der Waals surface area contributed by atoms with Crippen molar-refractivity contribution >= 4 is 5.95 Å². The lowest BCUT2D eigenvalue weighted by Crippen LogP contribution is -2.06. The van der Waals surface area contributed by atoms with Crippen molar-refractivity contribution in [3.63, 3.8) is 0 Å². The van der Waals surface area contributed by atoms with E-state index < -0.39 is 0 Å². The van der Waals surface area contributed by atoms with Crippen LogP contribution in [0.5, 0.6) is 0 Å². The third-order valence-electron chi connectivity index (χ3n) is 3.01. The molecule has 4 heteroatoms. The van der Waals surface area contributed by atoms with Crippen molar-refractivity contribution in [3.8, 4) is 5.69 Å². The summed E-state index contributed by atoms with van der Waals surface area (Å²) in [5.41, 5.74) is 3.07. The first-order valence-corrected chi connectivity index (χ1v) is 6.58. The van der Waals surface area contributed by atoms with Gasteiger partial charge in [0.25, 0.3) is 0 Å². The number of anilines is 1. The van der Waals surface area contributed by atoms with E-state index >= 15 is 0 Å². The summed E-state index contributed by atoms with van der Waals surface area (Å²) in [6.07, 6.45) is 3.82. The van der Waals surface area contributed by atoms with E-state index in [-0.39, 0.29) is 0 Å². The fraction of sp³-hybridized carbons (Fsp3) is 0.125. The third-order valence-corrected chi connectivity index (χ3v) is 3.01.